The molecule has 0 aliphatic heterocycles. The molecule has 0 heterocycles. The second-order valence-electron chi connectivity index (χ2n) is 9.62. The van der Waals surface area contributed by atoms with Gasteiger partial charge in [-0.15, -0.1) is 0 Å². The van der Waals surface area contributed by atoms with Gasteiger partial charge in [0.25, 0.3) is 0 Å². The van der Waals surface area contributed by atoms with Gasteiger partial charge in [0.2, 0.25) is 0 Å². The van der Waals surface area contributed by atoms with Gasteiger partial charge in [-0.3, -0.25) is 0 Å². The van der Waals surface area contributed by atoms with E-state index in [9.17, 15) is 4.79 Å². The Bertz CT molecular complexity index is 521. The lowest BCUT2D eigenvalue weighted by Gasteiger charge is -2.23. The Labute approximate surface area is 192 Å². The van der Waals surface area contributed by atoms with Crippen molar-refractivity contribution in [1.29, 1.82) is 0 Å². The van der Waals surface area contributed by atoms with Crippen LogP contribution in [0.2, 0.25) is 0 Å². The zero-order chi connectivity index (χ0) is 22.9. The number of esters is 1. The number of hydrogen-bond donors (Lipinski definition) is 0. The summed E-state index contributed by atoms with van der Waals surface area (Å²) in [5.74, 6) is 2.41. The van der Waals surface area contributed by atoms with E-state index in [1.807, 2.05) is 31.1 Å². The van der Waals surface area contributed by atoms with Crippen LogP contribution in [0.3, 0.4) is 0 Å². The van der Waals surface area contributed by atoms with Crippen molar-refractivity contribution < 1.29 is 14.3 Å². The zero-order valence-electron chi connectivity index (χ0n) is 21.0. The molecule has 180 valence electrons. The number of carbonyl (C=O) groups excluding carboxylic acids is 1. The highest BCUT2D eigenvalue weighted by molar-refractivity contribution is 5.70. The monoisotopic (exact) mass is 435 g/mol. The topological polar surface area (TPSA) is 38.8 Å². The van der Waals surface area contributed by atoms with Crippen molar-refractivity contribution in [2.75, 3.05) is 33.9 Å². The summed E-state index contributed by atoms with van der Waals surface area (Å²) in [6.45, 7) is 7.64. The van der Waals surface area contributed by atoms with E-state index in [2.05, 4.69) is 26.8 Å². The number of likely N-dealkylation sites (N-methyl/N-ethyl adjacent to an activating group) is 1. The highest BCUT2D eigenvalue weighted by Crippen LogP contribution is 2.29. The molecule has 0 aromatic heterocycles. The van der Waals surface area contributed by atoms with E-state index in [1.165, 1.54) is 70.6 Å². The van der Waals surface area contributed by atoms with Gasteiger partial charge in [0.15, 0.2) is 6.61 Å². The van der Waals surface area contributed by atoms with Crippen LogP contribution in [-0.4, -0.2) is 44.7 Å². The summed E-state index contributed by atoms with van der Waals surface area (Å²) in [6, 6.07) is 0. The van der Waals surface area contributed by atoms with Crippen molar-refractivity contribution in [3.63, 3.8) is 0 Å². The number of carbonyl (C=O) groups is 1. The van der Waals surface area contributed by atoms with Crippen LogP contribution in [0.5, 0.6) is 0 Å². The number of ether oxygens (including phenoxy) is 2. The molecule has 1 saturated carbocycles. The Hall–Kier alpha value is -1.29. The highest BCUT2D eigenvalue weighted by atomic mass is 16.6. The van der Waals surface area contributed by atoms with E-state index >= 15 is 0 Å². The van der Waals surface area contributed by atoms with Crippen LogP contribution in [0.4, 0.5) is 0 Å². The fraction of sp³-hybridized carbons (Fsp3) is 0.815. The Kier molecular flexibility index (Phi) is 15.5. The summed E-state index contributed by atoms with van der Waals surface area (Å²) in [4.78, 5) is 13.4. The first-order valence-electron chi connectivity index (χ1n) is 12.8. The third kappa shape index (κ3) is 13.7. The molecule has 0 spiro atoms. The minimum atomic E-state index is -0.313. The lowest BCUT2D eigenvalue weighted by molar-refractivity contribution is -0.148. The predicted octanol–water partition coefficient (Wildman–Crippen LogP) is 6.76. The smallest absolute Gasteiger partial charge is 0.344 e. The van der Waals surface area contributed by atoms with Crippen molar-refractivity contribution in [3.8, 4) is 0 Å². The van der Waals surface area contributed by atoms with Gasteiger partial charge in [0, 0.05) is 12.5 Å². The van der Waals surface area contributed by atoms with Gasteiger partial charge in [0.05, 0.1) is 0 Å². The molecule has 1 fully saturated rings. The molecule has 2 unspecified atom stereocenters. The number of rotatable bonds is 13. The summed E-state index contributed by atoms with van der Waals surface area (Å²) >= 11 is 0. The number of allylic oxidation sites excluding steroid dienone is 4. The maximum Gasteiger partial charge on any atom is 0.344 e. The van der Waals surface area contributed by atoms with Crippen LogP contribution in [-0.2, 0) is 14.3 Å². The van der Waals surface area contributed by atoms with Gasteiger partial charge in [-0.05, 0) is 32.0 Å². The number of unbranched alkanes of at least 4 members (excludes halogenated alkanes) is 5. The maximum atomic E-state index is 11.4. The van der Waals surface area contributed by atoms with Gasteiger partial charge in [-0.2, -0.15) is 0 Å². The Morgan fingerprint density at radius 1 is 1.06 bits per heavy atom. The molecule has 0 amide bonds. The van der Waals surface area contributed by atoms with E-state index in [4.69, 9.17) is 9.47 Å². The zero-order valence-corrected chi connectivity index (χ0v) is 21.0. The van der Waals surface area contributed by atoms with Gasteiger partial charge in [0.1, 0.15) is 12.4 Å². The molecule has 31 heavy (non-hydrogen) atoms. The first-order chi connectivity index (χ1) is 14.9. The average Bonchev–Trinajstić information content (AvgIpc) is 3.25. The summed E-state index contributed by atoms with van der Waals surface area (Å²) in [5, 5.41) is 0. The van der Waals surface area contributed by atoms with Crippen molar-refractivity contribution in [3.05, 3.63) is 24.0 Å². The minimum absolute atomic E-state index is 0.00976. The maximum absolute atomic E-state index is 11.4. The predicted molar refractivity (Wildman–Crippen MR) is 131 cm³/mol. The van der Waals surface area contributed by atoms with Crippen LogP contribution >= 0.6 is 0 Å². The summed E-state index contributed by atoms with van der Waals surface area (Å²) < 4.78 is 10.6. The number of nitrogens with zero attached hydrogens (tertiary/aromatic N) is 1. The Morgan fingerprint density at radius 3 is 2.42 bits per heavy atom. The third-order valence-electron chi connectivity index (χ3n) is 6.51. The molecular weight excluding hydrogens is 386 g/mol. The fourth-order valence-corrected chi connectivity index (χ4v) is 4.12. The van der Waals surface area contributed by atoms with E-state index in [1.54, 1.807) is 0 Å². The van der Waals surface area contributed by atoms with Gasteiger partial charge in [-0.1, -0.05) is 104 Å². The first-order valence-corrected chi connectivity index (χ1v) is 12.8. The molecule has 0 saturated heterocycles. The number of hydrogen-bond acceptors (Lipinski definition) is 4. The van der Waals surface area contributed by atoms with Crippen LogP contribution < -0.4 is 0 Å². The molecule has 0 bridgehead atoms. The van der Waals surface area contributed by atoms with E-state index in [0.29, 0.717) is 18.4 Å². The summed E-state index contributed by atoms with van der Waals surface area (Å²) in [5.41, 5.74) is 0. The van der Waals surface area contributed by atoms with E-state index < -0.39 is 0 Å². The lowest BCUT2D eigenvalue weighted by atomic mass is 9.90. The molecule has 0 aromatic rings. The van der Waals surface area contributed by atoms with Crippen molar-refractivity contribution >= 4 is 5.97 Å². The van der Waals surface area contributed by atoms with Crippen molar-refractivity contribution in [2.24, 2.45) is 17.8 Å². The molecule has 2 aliphatic carbocycles. The SMILES string of the molecule is CC1C=CC=C(OCC(=O)OCCN(C)C)C1C.CCCCCCCCC1CCCC1. The molecule has 0 N–H and O–H groups in total. The quantitative estimate of drug-likeness (QED) is 0.237. The Morgan fingerprint density at radius 2 is 1.74 bits per heavy atom. The van der Waals surface area contributed by atoms with E-state index in [-0.39, 0.29) is 12.6 Å². The van der Waals surface area contributed by atoms with Gasteiger partial charge in [-0.25, -0.2) is 4.79 Å². The fourth-order valence-electron chi connectivity index (χ4n) is 4.12. The molecule has 0 aromatic carbocycles. The standard InChI is InChI=1S/C14H23NO3.C13H26/c1-11-6-5-7-13(12(11)2)18-10-14(16)17-9-8-15(3)4;1-2-3-4-5-6-7-10-13-11-8-9-12-13/h5-7,11-12H,8-10H2,1-4H3;13H,2-12H2,1H3. The Balaban J connectivity index is 0.000000327. The minimum Gasteiger partial charge on any atom is -0.486 e. The third-order valence-corrected chi connectivity index (χ3v) is 6.51. The van der Waals surface area contributed by atoms with Crippen molar-refractivity contribution in [2.45, 2.75) is 91.4 Å². The molecule has 2 aliphatic rings. The van der Waals surface area contributed by atoms with Gasteiger partial charge >= 0.3 is 5.97 Å². The molecular formula is C27H49NO3. The molecule has 2 atom stereocenters. The lowest BCUT2D eigenvalue weighted by Crippen LogP contribution is -2.23. The van der Waals surface area contributed by atoms with Crippen LogP contribution in [0.1, 0.15) is 91.4 Å². The van der Waals surface area contributed by atoms with Crippen LogP contribution in [0.15, 0.2) is 24.0 Å². The summed E-state index contributed by atoms with van der Waals surface area (Å²) in [6.07, 6.45) is 22.4. The van der Waals surface area contributed by atoms with Crippen molar-refractivity contribution in [1.82, 2.24) is 4.90 Å². The summed E-state index contributed by atoms with van der Waals surface area (Å²) in [7, 11) is 3.87. The highest BCUT2D eigenvalue weighted by Gasteiger charge is 2.19. The second-order valence-corrected chi connectivity index (χ2v) is 9.62. The van der Waals surface area contributed by atoms with E-state index in [0.717, 1.165) is 18.2 Å². The second kappa shape index (κ2) is 17.3. The van der Waals surface area contributed by atoms with Gasteiger partial charge < -0.3 is 14.4 Å². The van der Waals surface area contributed by atoms with Crippen LogP contribution in [0, 0.1) is 17.8 Å². The molecule has 4 heteroatoms. The average molecular weight is 436 g/mol. The normalized spacial score (nSPS) is 20.9. The van der Waals surface area contributed by atoms with Crippen LogP contribution in [0.25, 0.3) is 0 Å². The molecule has 4 nitrogen and oxygen atoms in total. The first kappa shape index (κ1) is 27.7. The molecule has 0 radical (unpaired) electrons. The molecule has 2 rings (SSSR count). The largest absolute Gasteiger partial charge is 0.486 e.